The minimum atomic E-state index is -0.245. The lowest BCUT2D eigenvalue weighted by atomic mass is 10.1. The molecule has 1 unspecified atom stereocenters. The highest BCUT2D eigenvalue weighted by atomic mass is 16.5. The first-order valence-electron chi connectivity index (χ1n) is 8.73. The van der Waals surface area contributed by atoms with Crippen LogP contribution < -0.4 is 15.4 Å². The maximum Gasteiger partial charge on any atom is 0.240 e. The molecule has 140 valence electrons. The van der Waals surface area contributed by atoms with Crippen molar-refractivity contribution >= 4 is 11.9 Å². The van der Waals surface area contributed by atoms with Gasteiger partial charge in [0.05, 0.1) is 13.1 Å². The van der Waals surface area contributed by atoms with Crippen LogP contribution in [0.5, 0.6) is 5.75 Å². The van der Waals surface area contributed by atoms with Gasteiger partial charge in [-0.25, -0.2) is 4.99 Å². The molecule has 0 radical (unpaired) electrons. The van der Waals surface area contributed by atoms with Crippen molar-refractivity contribution in [1.82, 2.24) is 15.5 Å². The SMILES string of the molecule is CCNC(=NCC(C)Oc1ccccc1)N(C)CC(=O)NC(C)(C)C. The number of guanidine groups is 1. The van der Waals surface area contributed by atoms with E-state index in [1.165, 1.54) is 0 Å². The smallest absolute Gasteiger partial charge is 0.240 e. The van der Waals surface area contributed by atoms with Gasteiger partial charge >= 0.3 is 0 Å². The number of carbonyl (C=O) groups is 1. The molecule has 0 saturated carbocycles. The first-order valence-corrected chi connectivity index (χ1v) is 8.73. The zero-order valence-electron chi connectivity index (χ0n) is 16.3. The molecular weight excluding hydrogens is 316 g/mol. The minimum Gasteiger partial charge on any atom is -0.489 e. The summed E-state index contributed by atoms with van der Waals surface area (Å²) in [6.45, 7) is 11.4. The van der Waals surface area contributed by atoms with Gasteiger partial charge in [-0.05, 0) is 46.8 Å². The summed E-state index contributed by atoms with van der Waals surface area (Å²) in [7, 11) is 1.85. The van der Waals surface area contributed by atoms with Crippen molar-refractivity contribution in [2.24, 2.45) is 4.99 Å². The van der Waals surface area contributed by atoms with Crippen molar-refractivity contribution in [1.29, 1.82) is 0 Å². The Bertz CT molecular complexity index is 552. The van der Waals surface area contributed by atoms with Gasteiger partial charge in [-0.15, -0.1) is 0 Å². The van der Waals surface area contributed by atoms with E-state index in [-0.39, 0.29) is 24.1 Å². The number of ether oxygens (including phenoxy) is 1. The molecule has 0 aliphatic heterocycles. The molecule has 0 aliphatic rings. The van der Waals surface area contributed by atoms with Crippen LogP contribution in [-0.2, 0) is 4.79 Å². The summed E-state index contributed by atoms with van der Waals surface area (Å²) < 4.78 is 5.84. The predicted molar refractivity (Wildman–Crippen MR) is 103 cm³/mol. The summed E-state index contributed by atoms with van der Waals surface area (Å²) in [5.74, 6) is 1.48. The molecule has 0 bridgehead atoms. The lowest BCUT2D eigenvalue weighted by Crippen LogP contribution is -2.49. The molecule has 1 rings (SSSR count). The Morgan fingerprint density at radius 2 is 1.92 bits per heavy atom. The van der Waals surface area contributed by atoms with E-state index in [0.29, 0.717) is 12.5 Å². The highest BCUT2D eigenvalue weighted by Crippen LogP contribution is 2.10. The molecule has 6 nitrogen and oxygen atoms in total. The number of para-hydroxylation sites is 1. The van der Waals surface area contributed by atoms with Crippen LogP contribution in [0.25, 0.3) is 0 Å². The Hall–Kier alpha value is -2.24. The minimum absolute atomic E-state index is 0.0332. The Labute approximate surface area is 151 Å². The molecule has 0 aromatic heterocycles. The fraction of sp³-hybridized carbons (Fsp3) is 0.579. The van der Waals surface area contributed by atoms with E-state index in [2.05, 4.69) is 15.6 Å². The molecular formula is C19H32N4O2. The van der Waals surface area contributed by atoms with Crippen LogP contribution >= 0.6 is 0 Å². The Kier molecular flexibility index (Phi) is 8.25. The van der Waals surface area contributed by atoms with Gasteiger partial charge in [-0.3, -0.25) is 4.79 Å². The molecule has 2 N–H and O–H groups in total. The standard InChI is InChI=1S/C19H32N4O2/c1-7-20-18(23(6)14-17(24)22-19(3,4)5)21-13-15(2)25-16-11-9-8-10-12-16/h8-12,15H,7,13-14H2,1-6H3,(H,20,21)(H,22,24). The quantitative estimate of drug-likeness (QED) is 0.586. The van der Waals surface area contributed by atoms with E-state index in [1.807, 2.05) is 76.9 Å². The Morgan fingerprint density at radius 3 is 2.48 bits per heavy atom. The molecule has 25 heavy (non-hydrogen) atoms. The number of likely N-dealkylation sites (N-methyl/N-ethyl adjacent to an activating group) is 1. The molecule has 1 aromatic carbocycles. The second-order valence-corrected chi connectivity index (χ2v) is 7.09. The number of carbonyl (C=O) groups excluding carboxylic acids is 1. The van der Waals surface area contributed by atoms with Crippen molar-refractivity contribution in [3.63, 3.8) is 0 Å². The van der Waals surface area contributed by atoms with Crippen LogP contribution in [0.2, 0.25) is 0 Å². The average molecular weight is 348 g/mol. The Morgan fingerprint density at radius 1 is 1.28 bits per heavy atom. The van der Waals surface area contributed by atoms with Gasteiger partial charge in [-0.2, -0.15) is 0 Å². The first kappa shape index (κ1) is 20.8. The van der Waals surface area contributed by atoms with Gasteiger partial charge < -0.3 is 20.3 Å². The fourth-order valence-corrected chi connectivity index (χ4v) is 2.20. The molecule has 0 heterocycles. The predicted octanol–water partition coefficient (Wildman–Crippen LogP) is 2.27. The van der Waals surface area contributed by atoms with Gasteiger partial charge in [0, 0.05) is 19.1 Å². The number of benzene rings is 1. The summed E-state index contributed by atoms with van der Waals surface area (Å²) in [6, 6.07) is 9.69. The second-order valence-electron chi connectivity index (χ2n) is 7.09. The van der Waals surface area contributed by atoms with Crippen molar-refractivity contribution in [2.75, 3.05) is 26.7 Å². The number of hydrogen-bond donors (Lipinski definition) is 2. The van der Waals surface area contributed by atoms with Crippen LogP contribution in [-0.4, -0.2) is 55.1 Å². The van der Waals surface area contributed by atoms with Crippen LogP contribution in [0.3, 0.4) is 0 Å². The summed E-state index contributed by atoms with van der Waals surface area (Å²) >= 11 is 0. The largest absolute Gasteiger partial charge is 0.489 e. The van der Waals surface area contributed by atoms with Gasteiger partial charge in [0.25, 0.3) is 0 Å². The number of nitrogens with zero attached hydrogens (tertiary/aromatic N) is 2. The third kappa shape index (κ3) is 8.98. The van der Waals surface area contributed by atoms with E-state index in [9.17, 15) is 4.79 Å². The molecule has 1 atom stereocenters. The fourth-order valence-electron chi connectivity index (χ4n) is 2.20. The third-order valence-corrected chi connectivity index (χ3v) is 3.17. The first-order chi connectivity index (χ1) is 11.7. The normalized spacial score (nSPS) is 13.1. The molecule has 6 heteroatoms. The number of amides is 1. The third-order valence-electron chi connectivity index (χ3n) is 3.17. The highest BCUT2D eigenvalue weighted by Gasteiger charge is 2.17. The topological polar surface area (TPSA) is 66.0 Å². The van der Waals surface area contributed by atoms with E-state index in [0.717, 1.165) is 12.3 Å². The second kappa shape index (κ2) is 9.91. The van der Waals surface area contributed by atoms with E-state index >= 15 is 0 Å². The lowest BCUT2D eigenvalue weighted by molar-refractivity contribution is -0.122. The summed E-state index contributed by atoms with van der Waals surface area (Å²) in [4.78, 5) is 18.5. The molecule has 1 aromatic rings. The van der Waals surface area contributed by atoms with Crippen LogP contribution in [0.1, 0.15) is 34.6 Å². The molecule has 0 aliphatic carbocycles. The average Bonchev–Trinajstić information content (AvgIpc) is 2.50. The van der Waals surface area contributed by atoms with E-state index < -0.39 is 0 Å². The highest BCUT2D eigenvalue weighted by molar-refractivity contribution is 5.86. The zero-order chi connectivity index (χ0) is 18.9. The Balaban J connectivity index is 2.61. The number of aliphatic imine (C=N–C) groups is 1. The van der Waals surface area contributed by atoms with Crippen LogP contribution in [0.15, 0.2) is 35.3 Å². The summed E-state index contributed by atoms with van der Waals surface area (Å²) in [5.41, 5.74) is -0.245. The van der Waals surface area contributed by atoms with Crippen LogP contribution in [0.4, 0.5) is 0 Å². The van der Waals surface area contributed by atoms with Crippen molar-refractivity contribution in [3.8, 4) is 5.75 Å². The van der Waals surface area contributed by atoms with Gasteiger partial charge in [0.1, 0.15) is 11.9 Å². The van der Waals surface area contributed by atoms with Gasteiger partial charge in [0.15, 0.2) is 5.96 Å². The maximum absolute atomic E-state index is 12.1. The summed E-state index contributed by atoms with van der Waals surface area (Å²) in [5, 5.41) is 6.17. The maximum atomic E-state index is 12.1. The number of nitrogens with one attached hydrogen (secondary N) is 2. The zero-order valence-corrected chi connectivity index (χ0v) is 16.3. The van der Waals surface area contributed by atoms with Crippen molar-refractivity contribution in [3.05, 3.63) is 30.3 Å². The number of hydrogen-bond acceptors (Lipinski definition) is 3. The monoisotopic (exact) mass is 348 g/mol. The van der Waals surface area contributed by atoms with Crippen LogP contribution in [0, 0.1) is 0 Å². The molecule has 0 spiro atoms. The summed E-state index contributed by atoms with van der Waals surface area (Å²) in [6.07, 6.45) is -0.0622. The van der Waals surface area contributed by atoms with Crippen molar-refractivity contribution < 1.29 is 9.53 Å². The van der Waals surface area contributed by atoms with E-state index in [1.54, 1.807) is 0 Å². The molecule has 0 saturated heterocycles. The molecule has 1 amide bonds. The lowest BCUT2D eigenvalue weighted by Gasteiger charge is -2.25. The van der Waals surface area contributed by atoms with Gasteiger partial charge in [0.2, 0.25) is 5.91 Å². The van der Waals surface area contributed by atoms with Gasteiger partial charge in [-0.1, -0.05) is 18.2 Å². The molecule has 0 fully saturated rings. The number of rotatable bonds is 7. The van der Waals surface area contributed by atoms with E-state index in [4.69, 9.17) is 4.74 Å². The van der Waals surface area contributed by atoms with Crippen molar-refractivity contribution in [2.45, 2.75) is 46.3 Å².